The average molecular weight is 331 g/mol. The van der Waals surface area contributed by atoms with Gasteiger partial charge in [-0.15, -0.1) is 0 Å². The summed E-state index contributed by atoms with van der Waals surface area (Å²) < 4.78 is 30.9. The zero-order valence-corrected chi connectivity index (χ0v) is 12.7. The lowest BCUT2D eigenvalue weighted by Gasteiger charge is -2.14. The van der Waals surface area contributed by atoms with Gasteiger partial charge in [0.1, 0.15) is 12.6 Å². The number of amides is 1. The molecular weight excluding hydrogens is 314 g/mol. The first-order valence-corrected chi connectivity index (χ1v) is 8.14. The van der Waals surface area contributed by atoms with E-state index in [-0.39, 0.29) is 19.6 Å². The molecule has 1 aromatic rings. The lowest BCUT2D eigenvalue weighted by atomic mass is 10.2. The Bertz CT molecular complexity index is 600. The summed E-state index contributed by atoms with van der Waals surface area (Å²) in [6.45, 7) is -0.354. The maximum Gasteiger partial charge on any atom is 0.408 e. The Morgan fingerprint density at radius 3 is 2.45 bits per heavy atom. The maximum atomic E-state index is 11.5. The summed E-state index contributed by atoms with van der Waals surface area (Å²) in [5, 5.41) is 11.1. The van der Waals surface area contributed by atoms with Gasteiger partial charge in [0.15, 0.2) is 0 Å². The fraction of sp³-hybridized carbons (Fsp3) is 0.385. The monoisotopic (exact) mass is 331 g/mol. The van der Waals surface area contributed by atoms with Crippen LogP contribution in [0.5, 0.6) is 0 Å². The van der Waals surface area contributed by atoms with Crippen molar-refractivity contribution in [2.75, 3.05) is 12.9 Å². The van der Waals surface area contributed by atoms with Crippen LogP contribution in [0.2, 0.25) is 0 Å². The van der Waals surface area contributed by atoms with Crippen LogP contribution < -0.4 is 5.32 Å². The first-order valence-electron chi connectivity index (χ1n) is 6.32. The highest BCUT2D eigenvalue weighted by Gasteiger charge is 2.21. The number of hydrogen-bond donors (Lipinski definition) is 2. The number of carboxylic acids is 1. The van der Waals surface area contributed by atoms with Crippen molar-refractivity contribution >= 4 is 22.2 Å². The smallest absolute Gasteiger partial charge is 0.408 e. The maximum absolute atomic E-state index is 11.5. The average Bonchev–Trinajstić information content (AvgIpc) is 2.43. The van der Waals surface area contributed by atoms with Crippen molar-refractivity contribution in [3.05, 3.63) is 35.9 Å². The standard InChI is InChI=1S/C13H17NO7S/c1-22(18,19)21-8-7-11(12(15)16)14-13(17)20-9-10-5-3-2-4-6-10/h2-6,11H,7-9H2,1H3,(H,14,17)(H,15,16). The Balaban J connectivity index is 2.42. The molecule has 1 aromatic carbocycles. The molecule has 0 aliphatic heterocycles. The summed E-state index contributed by atoms with van der Waals surface area (Å²) in [6.07, 6.45) is -0.261. The van der Waals surface area contributed by atoms with E-state index in [1.54, 1.807) is 24.3 Å². The van der Waals surface area contributed by atoms with Gasteiger partial charge < -0.3 is 15.2 Å². The highest BCUT2D eigenvalue weighted by molar-refractivity contribution is 7.85. The summed E-state index contributed by atoms with van der Waals surface area (Å²) in [5.41, 5.74) is 0.755. The number of rotatable bonds is 8. The number of carbonyl (C=O) groups excluding carboxylic acids is 1. The molecule has 1 rings (SSSR count). The van der Waals surface area contributed by atoms with Crippen LogP contribution in [-0.4, -0.2) is 44.5 Å². The normalized spacial score (nSPS) is 12.4. The summed E-state index contributed by atoms with van der Waals surface area (Å²) in [4.78, 5) is 22.5. The molecule has 2 N–H and O–H groups in total. The number of alkyl carbamates (subject to hydrolysis) is 1. The van der Waals surface area contributed by atoms with E-state index in [9.17, 15) is 18.0 Å². The number of aliphatic carboxylic acids is 1. The molecular formula is C13H17NO7S. The van der Waals surface area contributed by atoms with Gasteiger partial charge in [0.2, 0.25) is 0 Å². The molecule has 0 heterocycles. The Morgan fingerprint density at radius 2 is 1.91 bits per heavy atom. The molecule has 0 bridgehead atoms. The fourth-order valence-corrected chi connectivity index (χ4v) is 1.88. The number of hydrogen-bond acceptors (Lipinski definition) is 6. The summed E-state index contributed by atoms with van der Waals surface area (Å²) >= 11 is 0. The van der Waals surface area contributed by atoms with Crippen LogP contribution in [0.15, 0.2) is 30.3 Å². The van der Waals surface area contributed by atoms with Crippen molar-refractivity contribution in [2.24, 2.45) is 0 Å². The highest BCUT2D eigenvalue weighted by Crippen LogP contribution is 2.02. The molecule has 1 amide bonds. The van der Waals surface area contributed by atoms with Gasteiger partial charge in [-0.25, -0.2) is 9.59 Å². The zero-order chi connectivity index (χ0) is 16.6. The molecule has 1 unspecified atom stereocenters. The van der Waals surface area contributed by atoms with E-state index in [2.05, 4.69) is 9.50 Å². The lowest BCUT2D eigenvalue weighted by Crippen LogP contribution is -2.41. The molecule has 22 heavy (non-hydrogen) atoms. The van der Waals surface area contributed by atoms with E-state index in [1.165, 1.54) is 0 Å². The van der Waals surface area contributed by atoms with Crippen molar-refractivity contribution < 1.29 is 32.0 Å². The third-order valence-corrected chi connectivity index (χ3v) is 3.10. The number of benzene rings is 1. The van der Waals surface area contributed by atoms with Crippen molar-refractivity contribution in [1.82, 2.24) is 5.32 Å². The summed E-state index contributed by atoms with van der Waals surface area (Å²) in [5.74, 6) is -1.31. The minimum absolute atomic E-state index is 0.00114. The van der Waals surface area contributed by atoms with Crippen LogP contribution in [0.1, 0.15) is 12.0 Å². The Kier molecular flexibility index (Phi) is 6.80. The first kappa shape index (κ1) is 17.9. The van der Waals surface area contributed by atoms with E-state index in [0.717, 1.165) is 11.8 Å². The Morgan fingerprint density at radius 1 is 1.27 bits per heavy atom. The van der Waals surface area contributed by atoms with Crippen molar-refractivity contribution in [2.45, 2.75) is 19.1 Å². The van der Waals surface area contributed by atoms with Crippen LogP contribution in [0.4, 0.5) is 4.79 Å². The molecule has 0 spiro atoms. The number of carbonyl (C=O) groups is 2. The van der Waals surface area contributed by atoms with Crippen LogP contribution in [0, 0.1) is 0 Å². The molecule has 0 radical (unpaired) electrons. The zero-order valence-electron chi connectivity index (χ0n) is 11.9. The van der Waals surface area contributed by atoms with Gasteiger partial charge in [0, 0.05) is 6.42 Å². The first-order chi connectivity index (χ1) is 10.3. The minimum atomic E-state index is -3.66. The highest BCUT2D eigenvalue weighted by atomic mass is 32.2. The molecule has 0 fully saturated rings. The van der Waals surface area contributed by atoms with Crippen LogP contribution in [-0.2, 0) is 30.4 Å². The van der Waals surface area contributed by atoms with Gasteiger partial charge in [-0.05, 0) is 5.56 Å². The van der Waals surface area contributed by atoms with E-state index in [4.69, 9.17) is 9.84 Å². The van der Waals surface area contributed by atoms with E-state index in [0.29, 0.717) is 0 Å². The minimum Gasteiger partial charge on any atom is -0.480 e. The topological polar surface area (TPSA) is 119 Å². The van der Waals surface area contributed by atoms with E-state index >= 15 is 0 Å². The predicted molar refractivity (Wildman–Crippen MR) is 76.6 cm³/mol. The van der Waals surface area contributed by atoms with Gasteiger partial charge >= 0.3 is 12.1 Å². The van der Waals surface area contributed by atoms with Gasteiger partial charge in [0.05, 0.1) is 12.9 Å². The van der Waals surface area contributed by atoms with Gasteiger partial charge in [-0.3, -0.25) is 4.18 Å². The van der Waals surface area contributed by atoms with E-state index < -0.39 is 28.2 Å². The lowest BCUT2D eigenvalue weighted by molar-refractivity contribution is -0.139. The van der Waals surface area contributed by atoms with Gasteiger partial charge in [0.25, 0.3) is 10.1 Å². The van der Waals surface area contributed by atoms with Crippen LogP contribution >= 0.6 is 0 Å². The summed E-state index contributed by atoms with van der Waals surface area (Å²) in [7, 11) is -3.66. The van der Waals surface area contributed by atoms with E-state index in [1.807, 2.05) is 6.07 Å². The number of ether oxygens (including phenoxy) is 1. The second-order valence-electron chi connectivity index (χ2n) is 4.41. The molecule has 0 saturated heterocycles. The van der Waals surface area contributed by atoms with Gasteiger partial charge in [-0.2, -0.15) is 8.42 Å². The Hall–Kier alpha value is -2.13. The largest absolute Gasteiger partial charge is 0.480 e. The van der Waals surface area contributed by atoms with Crippen molar-refractivity contribution in [3.8, 4) is 0 Å². The third-order valence-electron chi connectivity index (χ3n) is 2.51. The molecule has 8 nitrogen and oxygen atoms in total. The molecule has 0 aromatic heterocycles. The molecule has 122 valence electrons. The molecule has 0 aliphatic carbocycles. The Labute approximate surface area is 128 Å². The van der Waals surface area contributed by atoms with Crippen molar-refractivity contribution in [1.29, 1.82) is 0 Å². The predicted octanol–water partition coefficient (Wildman–Crippen LogP) is 0.732. The van der Waals surface area contributed by atoms with Crippen LogP contribution in [0.3, 0.4) is 0 Å². The molecule has 9 heteroatoms. The summed E-state index contributed by atoms with van der Waals surface area (Å²) in [6, 6.07) is 7.57. The molecule has 0 saturated carbocycles. The third kappa shape index (κ3) is 7.60. The van der Waals surface area contributed by atoms with Crippen molar-refractivity contribution in [3.63, 3.8) is 0 Å². The molecule has 1 atom stereocenters. The van der Waals surface area contributed by atoms with Crippen LogP contribution in [0.25, 0.3) is 0 Å². The molecule has 0 aliphatic rings. The fourth-order valence-electron chi connectivity index (χ4n) is 1.48. The quantitative estimate of drug-likeness (QED) is 0.674. The van der Waals surface area contributed by atoms with Gasteiger partial charge in [-0.1, -0.05) is 30.3 Å². The second kappa shape index (κ2) is 8.35. The number of nitrogens with one attached hydrogen (secondary N) is 1. The number of carboxylic acid groups (broad SMARTS) is 1. The SMILES string of the molecule is CS(=O)(=O)OCCC(NC(=O)OCc1ccccc1)C(=O)O. The second-order valence-corrected chi connectivity index (χ2v) is 6.06.